The Balaban J connectivity index is 2.19. The maximum atomic E-state index is 11.0. The summed E-state index contributed by atoms with van der Waals surface area (Å²) in [5.41, 5.74) is 2.29. The van der Waals surface area contributed by atoms with Crippen molar-refractivity contribution in [3.05, 3.63) is 35.4 Å². The topological polar surface area (TPSA) is 59.0 Å². The van der Waals surface area contributed by atoms with Crippen molar-refractivity contribution in [3.63, 3.8) is 0 Å². The summed E-state index contributed by atoms with van der Waals surface area (Å²) in [6.07, 6.45) is 0. The summed E-state index contributed by atoms with van der Waals surface area (Å²) < 4.78 is 10.6. The van der Waals surface area contributed by atoms with Crippen LogP contribution < -0.4 is 0 Å². The molecule has 0 fully saturated rings. The summed E-state index contributed by atoms with van der Waals surface area (Å²) in [6.45, 7) is 2.19. The van der Waals surface area contributed by atoms with E-state index in [9.17, 15) is 4.79 Å². The van der Waals surface area contributed by atoms with E-state index in [-0.39, 0.29) is 12.6 Å². The number of ether oxygens (including phenoxy) is 2. The van der Waals surface area contributed by atoms with Crippen molar-refractivity contribution >= 4 is 5.97 Å². The monoisotopic (exact) mass is 265 g/mol. The van der Waals surface area contributed by atoms with Crippen molar-refractivity contribution in [3.8, 4) is 0 Å². The highest BCUT2D eigenvalue weighted by atomic mass is 16.5. The number of rotatable bonds is 6. The first-order chi connectivity index (χ1) is 9.22. The molecule has 104 valence electrons. The summed E-state index contributed by atoms with van der Waals surface area (Å²) in [5.74, 6) is -0.834. The van der Waals surface area contributed by atoms with E-state index in [4.69, 9.17) is 14.6 Å². The van der Waals surface area contributed by atoms with Gasteiger partial charge >= 0.3 is 5.97 Å². The number of hydrogen-bond acceptors (Lipinski definition) is 4. The van der Waals surface area contributed by atoms with Crippen molar-refractivity contribution in [1.82, 2.24) is 4.90 Å². The second-order valence-electron chi connectivity index (χ2n) is 4.59. The molecule has 5 heteroatoms. The molecule has 0 amide bonds. The van der Waals surface area contributed by atoms with Gasteiger partial charge in [0.15, 0.2) is 0 Å². The van der Waals surface area contributed by atoms with Gasteiger partial charge in [-0.05, 0) is 11.1 Å². The quantitative estimate of drug-likeness (QED) is 0.840. The first-order valence-electron chi connectivity index (χ1n) is 6.32. The van der Waals surface area contributed by atoms with Crippen molar-refractivity contribution in [2.75, 3.05) is 33.4 Å². The number of carboxylic acids is 1. The summed E-state index contributed by atoms with van der Waals surface area (Å²) >= 11 is 0. The van der Waals surface area contributed by atoms with Gasteiger partial charge in [0.05, 0.1) is 32.4 Å². The standard InChI is InChI=1S/C14H19NO4/c1-18-7-6-15(8-14(16)17)13-10-19-9-11-4-2-3-5-12(11)13/h2-5,13H,6-10H2,1H3,(H,16,17). The normalized spacial score (nSPS) is 18.3. The zero-order chi connectivity index (χ0) is 13.7. The highest BCUT2D eigenvalue weighted by Crippen LogP contribution is 2.29. The fourth-order valence-electron chi connectivity index (χ4n) is 2.39. The molecule has 0 saturated carbocycles. The summed E-state index contributed by atoms with van der Waals surface area (Å²) in [6, 6.07) is 8.01. The number of nitrogens with zero attached hydrogens (tertiary/aromatic N) is 1. The summed E-state index contributed by atoms with van der Waals surface area (Å²) in [7, 11) is 1.62. The van der Waals surface area contributed by atoms with Crippen LogP contribution >= 0.6 is 0 Å². The molecule has 2 rings (SSSR count). The van der Waals surface area contributed by atoms with Crippen LogP contribution in [0.5, 0.6) is 0 Å². The van der Waals surface area contributed by atoms with E-state index in [1.807, 2.05) is 29.2 Å². The van der Waals surface area contributed by atoms with Crippen LogP contribution in [-0.4, -0.2) is 49.4 Å². The molecule has 1 heterocycles. The predicted molar refractivity (Wildman–Crippen MR) is 69.9 cm³/mol. The molecule has 5 nitrogen and oxygen atoms in total. The number of fused-ring (bicyclic) bond motifs is 1. The highest BCUT2D eigenvalue weighted by molar-refractivity contribution is 5.69. The third-order valence-corrected chi connectivity index (χ3v) is 3.31. The summed E-state index contributed by atoms with van der Waals surface area (Å²) in [5, 5.41) is 9.04. The van der Waals surface area contributed by atoms with E-state index in [0.717, 1.165) is 11.1 Å². The van der Waals surface area contributed by atoms with Crippen LogP contribution in [0, 0.1) is 0 Å². The lowest BCUT2D eigenvalue weighted by Crippen LogP contribution is -2.40. The molecule has 1 aromatic carbocycles. The Hall–Kier alpha value is -1.43. The lowest BCUT2D eigenvalue weighted by Gasteiger charge is -2.34. The average molecular weight is 265 g/mol. The Morgan fingerprint density at radius 1 is 1.53 bits per heavy atom. The molecule has 0 bridgehead atoms. The van der Waals surface area contributed by atoms with Gasteiger partial charge < -0.3 is 14.6 Å². The Morgan fingerprint density at radius 2 is 2.32 bits per heavy atom. The molecule has 1 unspecified atom stereocenters. The van der Waals surface area contributed by atoms with Gasteiger partial charge in [-0.3, -0.25) is 9.69 Å². The molecule has 19 heavy (non-hydrogen) atoms. The van der Waals surface area contributed by atoms with E-state index in [2.05, 4.69) is 0 Å². The Kier molecular flexibility index (Phi) is 4.90. The van der Waals surface area contributed by atoms with Crippen LogP contribution in [0.4, 0.5) is 0 Å². The van der Waals surface area contributed by atoms with E-state index in [1.165, 1.54) is 0 Å². The van der Waals surface area contributed by atoms with Crippen molar-refractivity contribution in [2.24, 2.45) is 0 Å². The molecule has 1 N–H and O–H groups in total. The van der Waals surface area contributed by atoms with Crippen LogP contribution in [-0.2, 0) is 20.9 Å². The fourth-order valence-corrected chi connectivity index (χ4v) is 2.39. The minimum Gasteiger partial charge on any atom is -0.480 e. The molecule has 0 radical (unpaired) electrons. The van der Waals surface area contributed by atoms with Crippen molar-refractivity contribution < 1.29 is 19.4 Å². The Morgan fingerprint density at radius 3 is 3.05 bits per heavy atom. The van der Waals surface area contributed by atoms with Crippen LogP contribution in [0.25, 0.3) is 0 Å². The molecule has 1 atom stereocenters. The van der Waals surface area contributed by atoms with E-state index < -0.39 is 5.97 Å². The molecule has 1 aliphatic rings. The molecule has 0 aliphatic carbocycles. The van der Waals surface area contributed by atoms with Crippen LogP contribution in [0.1, 0.15) is 17.2 Å². The van der Waals surface area contributed by atoms with Crippen LogP contribution in [0.3, 0.4) is 0 Å². The van der Waals surface area contributed by atoms with Crippen molar-refractivity contribution in [1.29, 1.82) is 0 Å². The number of aliphatic carboxylic acids is 1. The maximum Gasteiger partial charge on any atom is 0.317 e. The smallest absolute Gasteiger partial charge is 0.317 e. The Bertz CT molecular complexity index is 435. The van der Waals surface area contributed by atoms with Gasteiger partial charge in [-0.15, -0.1) is 0 Å². The molecule has 1 aliphatic heterocycles. The van der Waals surface area contributed by atoms with Gasteiger partial charge in [0.2, 0.25) is 0 Å². The molecule has 0 saturated heterocycles. The highest BCUT2D eigenvalue weighted by Gasteiger charge is 2.27. The third kappa shape index (κ3) is 3.53. The number of benzene rings is 1. The largest absolute Gasteiger partial charge is 0.480 e. The lowest BCUT2D eigenvalue weighted by molar-refractivity contribution is -0.139. The predicted octanol–water partition coefficient (Wildman–Crippen LogP) is 1.29. The number of carboxylic acid groups (broad SMARTS) is 1. The molecule has 1 aromatic rings. The maximum absolute atomic E-state index is 11.0. The number of hydrogen-bond donors (Lipinski definition) is 1. The van der Waals surface area contributed by atoms with Gasteiger partial charge in [-0.25, -0.2) is 0 Å². The number of methoxy groups -OCH3 is 1. The van der Waals surface area contributed by atoms with Gasteiger partial charge in [0.1, 0.15) is 0 Å². The van der Waals surface area contributed by atoms with Gasteiger partial charge in [0.25, 0.3) is 0 Å². The fraction of sp³-hybridized carbons (Fsp3) is 0.500. The first kappa shape index (κ1) is 14.0. The van der Waals surface area contributed by atoms with Crippen LogP contribution in [0.15, 0.2) is 24.3 Å². The van der Waals surface area contributed by atoms with Crippen molar-refractivity contribution in [2.45, 2.75) is 12.6 Å². The van der Waals surface area contributed by atoms with Gasteiger partial charge in [-0.1, -0.05) is 24.3 Å². The lowest BCUT2D eigenvalue weighted by atomic mass is 9.98. The SMILES string of the molecule is COCCN(CC(=O)O)C1COCc2ccccc21. The number of carbonyl (C=O) groups is 1. The second kappa shape index (κ2) is 6.65. The molecule has 0 spiro atoms. The van der Waals surface area contributed by atoms with Crippen LogP contribution in [0.2, 0.25) is 0 Å². The zero-order valence-electron chi connectivity index (χ0n) is 11.0. The van der Waals surface area contributed by atoms with E-state index >= 15 is 0 Å². The zero-order valence-corrected chi connectivity index (χ0v) is 11.0. The summed E-state index contributed by atoms with van der Waals surface area (Å²) in [4.78, 5) is 12.9. The van der Waals surface area contributed by atoms with E-state index in [1.54, 1.807) is 7.11 Å². The van der Waals surface area contributed by atoms with Gasteiger partial charge in [0, 0.05) is 13.7 Å². The van der Waals surface area contributed by atoms with Gasteiger partial charge in [-0.2, -0.15) is 0 Å². The molecular formula is C14H19NO4. The third-order valence-electron chi connectivity index (χ3n) is 3.31. The average Bonchev–Trinajstić information content (AvgIpc) is 2.42. The molecule has 0 aromatic heterocycles. The molecular weight excluding hydrogens is 246 g/mol. The minimum atomic E-state index is -0.834. The minimum absolute atomic E-state index is 0.00821. The Labute approximate surface area is 112 Å². The second-order valence-corrected chi connectivity index (χ2v) is 4.59. The first-order valence-corrected chi connectivity index (χ1v) is 6.32. The van der Waals surface area contributed by atoms with E-state index in [0.29, 0.717) is 26.4 Å².